The summed E-state index contributed by atoms with van der Waals surface area (Å²) >= 11 is 0. The third kappa shape index (κ3) is 3.00. The fourth-order valence-electron chi connectivity index (χ4n) is 1.57. The Hall–Kier alpha value is -1.59. The molecule has 0 fully saturated rings. The molecular weight excluding hydrogens is 258 g/mol. The fourth-order valence-corrected chi connectivity index (χ4v) is 1.57. The van der Waals surface area contributed by atoms with Crippen molar-refractivity contribution in [1.29, 1.82) is 0 Å². The van der Waals surface area contributed by atoms with Gasteiger partial charge in [-0.3, -0.25) is 9.59 Å². The Morgan fingerprint density at radius 3 is 2.72 bits per heavy atom. The second-order valence-electron chi connectivity index (χ2n) is 3.54. The van der Waals surface area contributed by atoms with Crippen LogP contribution >= 0.6 is 12.4 Å². The third-order valence-corrected chi connectivity index (χ3v) is 2.39. The van der Waals surface area contributed by atoms with Crippen molar-refractivity contribution in [2.24, 2.45) is 0 Å². The summed E-state index contributed by atoms with van der Waals surface area (Å²) in [5.41, 5.74) is 0.904. The molecule has 0 unspecified atom stereocenters. The molecule has 1 heterocycles. The maximum atomic E-state index is 11.4. The van der Waals surface area contributed by atoms with Gasteiger partial charge in [-0.15, -0.1) is 12.4 Å². The summed E-state index contributed by atoms with van der Waals surface area (Å²) in [6, 6.07) is 4.94. The van der Waals surface area contributed by atoms with Gasteiger partial charge in [0.2, 0.25) is 0 Å². The quantitative estimate of drug-likeness (QED) is 0.653. The zero-order valence-electron chi connectivity index (χ0n) is 9.89. The Kier molecular flexibility index (Phi) is 5.12. The van der Waals surface area contributed by atoms with Crippen LogP contribution in [0, 0.1) is 0 Å². The largest absolute Gasteiger partial charge is 0.491 e. The molecule has 0 radical (unpaired) electrons. The van der Waals surface area contributed by atoms with E-state index in [2.05, 4.69) is 5.32 Å². The smallest absolute Gasteiger partial charge is 0.296 e. The van der Waals surface area contributed by atoms with Gasteiger partial charge in [0.25, 0.3) is 11.7 Å². The highest BCUT2D eigenvalue weighted by Gasteiger charge is 2.28. The number of amides is 1. The average molecular weight is 272 g/mol. The molecule has 1 N–H and O–H groups in total. The predicted octanol–water partition coefficient (Wildman–Crippen LogP) is 1.66. The number of halogens is 1. The number of benzene rings is 1. The maximum absolute atomic E-state index is 11.4. The number of carbonyl (C=O) groups is 2. The lowest BCUT2D eigenvalue weighted by molar-refractivity contribution is -0.112. The van der Waals surface area contributed by atoms with E-state index in [0.717, 1.165) is 0 Å². The second kappa shape index (κ2) is 6.37. The molecule has 1 aromatic carbocycles. The van der Waals surface area contributed by atoms with Crippen LogP contribution in [0.15, 0.2) is 18.2 Å². The lowest BCUT2D eigenvalue weighted by Gasteiger charge is -2.07. The van der Waals surface area contributed by atoms with Gasteiger partial charge in [0.05, 0.1) is 17.9 Å². The molecule has 1 amide bonds. The summed E-state index contributed by atoms with van der Waals surface area (Å²) in [6.45, 7) is 3.47. The highest BCUT2D eigenvalue weighted by molar-refractivity contribution is 6.51. The zero-order chi connectivity index (χ0) is 12.3. The van der Waals surface area contributed by atoms with Gasteiger partial charge in [0.1, 0.15) is 12.4 Å². The van der Waals surface area contributed by atoms with Crippen molar-refractivity contribution in [2.75, 3.05) is 25.1 Å². The molecule has 0 saturated heterocycles. The normalized spacial score (nSPS) is 12.7. The Labute approximate surface area is 111 Å². The summed E-state index contributed by atoms with van der Waals surface area (Å²) in [5, 5.41) is 2.48. The minimum atomic E-state index is -0.591. The van der Waals surface area contributed by atoms with Gasteiger partial charge in [0.15, 0.2) is 0 Å². The van der Waals surface area contributed by atoms with E-state index in [0.29, 0.717) is 36.8 Å². The molecule has 2 rings (SSSR count). The summed E-state index contributed by atoms with van der Waals surface area (Å²) in [7, 11) is 0. The van der Waals surface area contributed by atoms with Gasteiger partial charge in [-0.25, -0.2) is 0 Å². The lowest BCUT2D eigenvalue weighted by atomic mass is 10.1. The van der Waals surface area contributed by atoms with Gasteiger partial charge in [-0.1, -0.05) is 0 Å². The average Bonchev–Trinajstić information content (AvgIpc) is 2.61. The van der Waals surface area contributed by atoms with E-state index in [1.807, 2.05) is 6.92 Å². The number of fused-ring (bicyclic) bond motifs is 1. The molecule has 0 bridgehead atoms. The SMILES string of the molecule is CCOCCOc1ccc2c(c1)C(=O)C(=O)N2.Cl. The van der Waals surface area contributed by atoms with Crippen molar-refractivity contribution in [3.05, 3.63) is 23.8 Å². The van der Waals surface area contributed by atoms with Gasteiger partial charge >= 0.3 is 0 Å². The van der Waals surface area contributed by atoms with Crippen LogP contribution in [-0.2, 0) is 9.53 Å². The molecule has 98 valence electrons. The van der Waals surface area contributed by atoms with Crippen LogP contribution in [0.2, 0.25) is 0 Å². The van der Waals surface area contributed by atoms with Gasteiger partial charge in [-0.05, 0) is 25.1 Å². The Morgan fingerprint density at radius 1 is 1.22 bits per heavy atom. The van der Waals surface area contributed by atoms with E-state index in [-0.39, 0.29) is 12.4 Å². The fraction of sp³-hybridized carbons (Fsp3) is 0.333. The molecule has 0 spiro atoms. The number of rotatable bonds is 5. The minimum Gasteiger partial charge on any atom is -0.491 e. The van der Waals surface area contributed by atoms with E-state index in [9.17, 15) is 9.59 Å². The minimum absolute atomic E-state index is 0. The molecular formula is C12H14ClNO4. The van der Waals surface area contributed by atoms with Crippen LogP contribution in [0.4, 0.5) is 5.69 Å². The number of ketones is 1. The van der Waals surface area contributed by atoms with E-state index in [1.165, 1.54) is 0 Å². The van der Waals surface area contributed by atoms with Gasteiger partial charge in [-0.2, -0.15) is 0 Å². The molecule has 1 aromatic rings. The van der Waals surface area contributed by atoms with Crippen molar-refractivity contribution < 1.29 is 19.1 Å². The van der Waals surface area contributed by atoms with Gasteiger partial charge in [0, 0.05) is 6.61 Å². The van der Waals surface area contributed by atoms with Crippen LogP contribution in [0.5, 0.6) is 5.75 Å². The van der Waals surface area contributed by atoms with Crippen LogP contribution in [-0.4, -0.2) is 31.5 Å². The first-order valence-electron chi connectivity index (χ1n) is 5.42. The first-order valence-corrected chi connectivity index (χ1v) is 5.42. The summed E-state index contributed by atoms with van der Waals surface area (Å²) in [6.07, 6.45) is 0. The van der Waals surface area contributed by atoms with E-state index in [4.69, 9.17) is 9.47 Å². The topological polar surface area (TPSA) is 64.6 Å². The molecule has 0 atom stereocenters. The number of ether oxygens (including phenoxy) is 2. The van der Waals surface area contributed by atoms with Crippen molar-refractivity contribution in [2.45, 2.75) is 6.92 Å². The summed E-state index contributed by atoms with van der Waals surface area (Å²) in [5.74, 6) is -0.546. The predicted molar refractivity (Wildman–Crippen MR) is 68.6 cm³/mol. The number of Topliss-reactive ketones (excluding diaryl/α,β-unsaturated/α-hetero) is 1. The highest BCUT2D eigenvalue weighted by atomic mass is 35.5. The molecule has 0 saturated carbocycles. The van der Waals surface area contributed by atoms with Crippen LogP contribution < -0.4 is 10.1 Å². The molecule has 1 aliphatic heterocycles. The monoisotopic (exact) mass is 271 g/mol. The molecule has 1 aliphatic rings. The second-order valence-corrected chi connectivity index (χ2v) is 3.54. The van der Waals surface area contributed by atoms with Gasteiger partial charge < -0.3 is 14.8 Å². The van der Waals surface area contributed by atoms with E-state index < -0.39 is 11.7 Å². The van der Waals surface area contributed by atoms with Crippen molar-refractivity contribution >= 4 is 29.8 Å². The summed E-state index contributed by atoms with van der Waals surface area (Å²) in [4.78, 5) is 22.6. The highest BCUT2D eigenvalue weighted by Crippen LogP contribution is 2.27. The third-order valence-electron chi connectivity index (χ3n) is 2.39. The van der Waals surface area contributed by atoms with Crippen molar-refractivity contribution in [1.82, 2.24) is 0 Å². The van der Waals surface area contributed by atoms with Crippen LogP contribution in [0.25, 0.3) is 0 Å². The number of hydrogen-bond acceptors (Lipinski definition) is 4. The molecule has 6 heteroatoms. The number of carbonyl (C=O) groups excluding carboxylic acids is 2. The van der Waals surface area contributed by atoms with Crippen LogP contribution in [0.1, 0.15) is 17.3 Å². The molecule has 18 heavy (non-hydrogen) atoms. The number of anilines is 1. The lowest BCUT2D eigenvalue weighted by Crippen LogP contribution is -2.12. The Morgan fingerprint density at radius 2 is 2.00 bits per heavy atom. The van der Waals surface area contributed by atoms with E-state index in [1.54, 1.807) is 18.2 Å². The first-order chi connectivity index (χ1) is 8.22. The molecule has 0 aliphatic carbocycles. The maximum Gasteiger partial charge on any atom is 0.296 e. The zero-order valence-corrected chi connectivity index (χ0v) is 10.7. The van der Waals surface area contributed by atoms with Crippen molar-refractivity contribution in [3.63, 3.8) is 0 Å². The standard InChI is InChI=1S/C12H13NO4.ClH/c1-2-16-5-6-17-8-3-4-10-9(7-8)11(14)12(15)13-10;/h3-4,7H,2,5-6H2,1H3,(H,13,14,15);1H. The molecule has 5 nitrogen and oxygen atoms in total. The number of hydrogen-bond donors (Lipinski definition) is 1. The first kappa shape index (κ1) is 14.5. The van der Waals surface area contributed by atoms with Crippen LogP contribution in [0.3, 0.4) is 0 Å². The number of nitrogens with one attached hydrogen (secondary N) is 1. The summed E-state index contributed by atoms with van der Waals surface area (Å²) < 4.78 is 10.5. The Balaban J connectivity index is 0.00000162. The molecule has 0 aromatic heterocycles. The van der Waals surface area contributed by atoms with Crippen molar-refractivity contribution in [3.8, 4) is 5.75 Å². The van der Waals surface area contributed by atoms with E-state index >= 15 is 0 Å². The Bertz CT molecular complexity index is 461.